The molecule has 0 unspecified atom stereocenters. The van der Waals surface area contributed by atoms with E-state index in [-0.39, 0.29) is 0 Å². The minimum atomic E-state index is 0.773. The van der Waals surface area contributed by atoms with Gasteiger partial charge in [0.25, 0.3) is 0 Å². The Morgan fingerprint density at radius 1 is 0.458 bits per heavy atom. The molecule has 0 saturated carbocycles. The molecule has 0 aromatic rings. The number of hydrogen-bond donors (Lipinski definition) is 0. The standard InChI is InChI=1S/4C5H11.2Au.2BrH/c4*1-4-5(2)3;;;;/h4*5H,1,4H2,2-3H3;;;2*1H/q4*-1;2*+1;;/p-2. The van der Waals surface area contributed by atoms with Gasteiger partial charge in [-0.2, -0.15) is 25.7 Å². The van der Waals surface area contributed by atoms with Crippen molar-refractivity contribution < 1.29 is 37.9 Å². The van der Waals surface area contributed by atoms with Crippen LogP contribution in [0.25, 0.3) is 0 Å². The van der Waals surface area contributed by atoms with Crippen molar-refractivity contribution in [1.82, 2.24) is 0 Å². The molecule has 24 heavy (non-hydrogen) atoms. The molecule has 0 aliphatic heterocycles. The molecule has 0 heterocycles. The van der Waals surface area contributed by atoms with Crippen LogP contribution in [0.3, 0.4) is 0 Å². The molecular weight excluding hydrogens is 794 g/mol. The zero-order chi connectivity index (χ0) is 21.1. The fraction of sp³-hybridized carbons (Fsp3) is 0.800. The summed E-state index contributed by atoms with van der Waals surface area (Å²) in [6, 6.07) is 0. The molecule has 0 N–H and O–H groups in total. The van der Waals surface area contributed by atoms with Crippen LogP contribution in [-0.2, 0) is 37.9 Å². The van der Waals surface area contributed by atoms with Crippen molar-refractivity contribution in [2.45, 2.75) is 81.1 Å². The van der Waals surface area contributed by atoms with Crippen molar-refractivity contribution in [2.24, 2.45) is 23.7 Å². The van der Waals surface area contributed by atoms with Gasteiger partial charge in [-0.05, 0) is 0 Å². The smallest absolute Gasteiger partial charge is 0.0652 e. The molecule has 4 heteroatoms. The molecule has 0 saturated heterocycles. The van der Waals surface area contributed by atoms with Crippen LogP contribution in [0.5, 0.6) is 0 Å². The van der Waals surface area contributed by atoms with Crippen LogP contribution in [0.2, 0.25) is 0 Å². The summed E-state index contributed by atoms with van der Waals surface area (Å²) in [6.45, 7) is 32.0. The van der Waals surface area contributed by atoms with Gasteiger partial charge in [0, 0.05) is 0 Å². The second-order valence-corrected chi connectivity index (χ2v) is 6.73. The van der Waals surface area contributed by atoms with Gasteiger partial charge < -0.3 is 27.7 Å². The Labute approximate surface area is 194 Å². The molecule has 0 spiro atoms. The molecule has 0 amide bonds. The van der Waals surface area contributed by atoms with Crippen LogP contribution in [0, 0.1) is 51.4 Å². The summed E-state index contributed by atoms with van der Waals surface area (Å²) in [5.41, 5.74) is 0. The van der Waals surface area contributed by atoms with Crippen molar-refractivity contribution in [3.8, 4) is 0 Å². The van der Waals surface area contributed by atoms with Gasteiger partial charge in [-0.3, -0.25) is 0 Å². The first-order valence-corrected chi connectivity index (χ1v) is 17.9. The number of rotatable bonds is 4. The van der Waals surface area contributed by atoms with Gasteiger partial charge in [0.1, 0.15) is 0 Å². The van der Waals surface area contributed by atoms with E-state index in [2.05, 4.69) is 147 Å². The first-order chi connectivity index (χ1) is 11.1. The van der Waals surface area contributed by atoms with Crippen LogP contribution in [0.1, 0.15) is 81.1 Å². The molecular formula is C20H44Au2Br2-4. The SMILES string of the molecule is [Br][Au].[Br][Au].[CH2-]CC(C)C.[CH2-]CC(C)C.[CH2-]CC(C)C.[CH2-]CC(C)C. The third-order valence-electron chi connectivity index (χ3n) is 2.31. The summed E-state index contributed by atoms with van der Waals surface area (Å²) < 4.78 is 0. The van der Waals surface area contributed by atoms with Gasteiger partial charge in [-0.15, -0.1) is 0 Å². The first kappa shape index (κ1) is 41.0. The van der Waals surface area contributed by atoms with Gasteiger partial charge in [-0.25, -0.2) is 0 Å². The van der Waals surface area contributed by atoms with Crippen LogP contribution in [0.15, 0.2) is 0 Å². The van der Waals surface area contributed by atoms with Crippen molar-refractivity contribution in [3.63, 3.8) is 0 Å². The van der Waals surface area contributed by atoms with E-state index in [9.17, 15) is 0 Å². The summed E-state index contributed by atoms with van der Waals surface area (Å²) in [6.07, 6.45) is 4.22. The third kappa shape index (κ3) is 123. The van der Waals surface area contributed by atoms with Gasteiger partial charge in [0.15, 0.2) is 0 Å². The summed E-state index contributed by atoms with van der Waals surface area (Å²) in [7, 11) is 0. The predicted molar refractivity (Wildman–Crippen MR) is 117 cm³/mol. The van der Waals surface area contributed by atoms with Gasteiger partial charge in [0.2, 0.25) is 0 Å². The van der Waals surface area contributed by atoms with Gasteiger partial charge in [0.05, 0.1) is 0 Å². The quantitative estimate of drug-likeness (QED) is 0.196. The fourth-order valence-corrected chi connectivity index (χ4v) is 0. The largest absolute Gasteiger partial charge is 0.343 e. The second kappa shape index (κ2) is 44.7. The predicted octanol–water partition coefficient (Wildman–Crippen LogP) is 9.15. The van der Waals surface area contributed by atoms with E-state index in [4.69, 9.17) is 0 Å². The average molecular weight is 838 g/mol. The molecule has 0 aromatic carbocycles. The Morgan fingerprint density at radius 2 is 0.500 bits per heavy atom. The Kier molecular flexibility index (Phi) is 76.3. The van der Waals surface area contributed by atoms with E-state index in [0.717, 1.165) is 49.4 Å². The van der Waals surface area contributed by atoms with E-state index < -0.39 is 0 Å². The van der Waals surface area contributed by atoms with Gasteiger partial charge in [-0.1, -0.05) is 79.1 Å². The average Bonchev–Trinajstić information content (AvgIpc) is 2.59. The van der Waals surface area contributed by atoms with E-state index in [1.165, 1.54) is 0 Å². The molecule has 0 radical (unpaired) electrons. The Hall–Kier alpha value is 2.44. The number of halogens is 2. The fourth-order valence-electron chi connectivity index (χ4n) is 0. The van der Waals surface area contributed by atoms with Crippen molar-refractivity contribution in [2.75, 3.05) is 0 Å². The Bertz CT molecular complexity index is 108. The van der Waals surface area contributed by atoms with Crippen LogP contribution in [0.4, 0.5) is 0 Å². The summed E-state index contributed by atoms with van der Waals surface area (Å²) in [5, 5.41) is 0. The summed E-state index contributed by atoms with van der Waals surface area (Å²) in [4.78, 5) is 0. The Balaban J connectivity index is -0.0000000420. The van der Waals surface area contributed by atoms with Crippen molar-refractivity contribution in [3.05, 3.63) is 27.7 Å². The molecule has 164 valence electrons. The molecule has 0 aliphatic rings. The minimum absolute atomic E-state index is 0.773. The van der Waals surface area contributed by atoms with E-state index in [1.54, 1.807) is 0 Å². The Morgan fingerprint density at radius 3 is 0.500 bits per heavy atom. The zero-order valence-electron chi connectivity index (χ0n) is 17.3. The zero-order valence-corrected chi connectivity index (χ0v) is 24.8. The minimum Gasteiger partial charge on any atom is -0.343 e. The van der Waals surface area contributed by atoms with Crippen LogP contribution in [-0.4, -0.2) is 0 Å². The molecule has 0 atom stereocenters. The maximum absolute atomic E-state index is 3.69. The number of hydrogen-bond acceptors (Lipinski definition) is 0. The summed E-state index contributed by atoms with van der Waals surface area (Å²) in [5.74, 6) is 3.09. The molecule has 0 aliphatic carbocycles. The molecule has 0 rings (SSSR count). The van der Waals surface area contributed by atoms with E-state index in [0.29, 0.717) is 0 Å². The maximum atomic E-state index is 3.69. The van der Waals surface area contributed by atoms with Gasteiger partial charge >= 0.3 is 63.9 Å². The molecule has 0 fully saturated rings. The molecule has 0 bridgehead atoms. The second-order valence-electron chi connectivity index (χ2n) is 6.73. The normalized spacial score (nSPS) is 8.58. The molecule has 0 aromatic heterocycles. The molecule has 0 nitrogen and oxygen atoms in total. The van der Waals surface area contributed by atoms with E-state index in [1.807, 2.05) is 0 Å². The van der Waals surface area contributed by atoms with Crippen LogP contribution < -0.4 is 0 Å². The van der Waals surface area contributed by atoms with E-state index >= 15 is 0 Å². The maximum Gasteiger partial charge on any atom is -0.0652 e. The third-order valence-corrected chi connectivity index (χ3v) is 2.31. The topological polar surface area (TPSA) is 0 Å². The van der Waals surface area contributed by atoms with Crippen molar-refractivity contribution >= 4 is 26.0 Å². The first-order valence-electron chi connectivity index (χ1n) is 8.48. The van der Waals surface area contributed by atoms with Crippen LogP contribution >= 0.6 is 26.0 Å². The summed E-state index contributed by atoms with van der Waals surface area (Å²) >= 11 is 9.94. The monoisotopic (exact) mass is 836 g/mol. The van der Waals surface area contributed by atoms with Crippen molar-refractivity contribution in [1.29, 1.82) is 0 Å².